The van der Waals surface area contributed by atoms with Crippen LogP contribution in [0.4, 0.5) is 0 Å². The highest BCUT2D eigenvalue weighted by atomic mass is 16.5. The maximum Gasteiger partial charge on any atom is 0.119 e. The Hall–Kier alpha value is -1.83. The molecule has 1 aliphatic rings. The van der Waals surface area contributed by atoms with Crippen molar-refractivity contribution < 1.29 is 4.74 Å². The Morgan fingerprint density at radius 1 is 0.649 bits per heavy atom. The summed E-state index contributed by atoms with van der Waals surface area (Å²) in [4.78, 5) is 4.73. The molecule has 1 aliphatic carbocycles. The van der Waals surface area contributed by atoms with E-state index in [2.05, 4.69) is 56.4 Å². The van der Waals surface area contributed by atoms with Gasteiger partial charge in [0.25, 0.3) is 0 Å². The monoisotopic (exact) mass is 505 g/mol. The van der Waals surface area contributed by atoms with Crippen LogP contribution >= 0.6 is 0 Å². The molecule has 2 aromatic rings. The Morgan fingerprint density at radius 3 is 1.86 bits per heavy atom. The van der Waals surface area contributed by atoms with E-state index in [1.165, 1.54) is 127 Å². The normalized spacial score (nSPS) is 17.7. The molecule has 0 aliphatic heterocycles. The quantitative estimate of drug-likeness (QED) is 0.177. The zero-order chi connectivity index (χ0) is 26.0. The molecule has 0 spiro atoms. The highest BCUT2D eigenvalue weighted by Crippen LogP contribution is 2.34. The zero-order valence-corrected chi connectivity index (χ0v) is 24.2. The number of nitrogens with zero attached hydrogens (tertiary/aromatic N) is 1. The lowest BCUT2D eigenvalue weighted by Gasteiger charge is -2.28. The number of hydrogen-bond donors (Lipinski definition) is 0. The van der Waals surface area contributed by atoms with Gasteiger partial charge in [-0.15, -0.1) is 0 Å². The van der Waals surface area contributed by atoms with E-state index < -0.39 is 0 Å². The Kier molecular flexibility index (Phi) is 14.8. The summed E-state index contributed by atoms with van der Waals surface area (Å²) >= 11 is 0. The molecule has 0 atom stereocenters. The van der Waals surface area contributed by atoms with E-state index >= 15 is 0 Å². The van der Waals surface area contributed by atoms with E-state index in [1.807, 2.05) is 0 Å². The Bertz CT molecular complexity index is 804. The van der Waals surface area contributed by atoms with E-state index in [9.17, 15) is 0 Å². The maximum absolute atomic E-state index is 6.07. The van der Waals surface area contributed by atoms with Gasteiger partial charge in [-0.3, -0.25) is 4.98 Å². The van der Waals surface area contributed by atoms with Gasteiger partial charge in [0.05, 0.1) is 12.3 Å². The van der Waals surface area contributed by atoms with Crippen molar-refractivity contribution in [2.24, 2.45) is 11.8 Å². The van der Waals surface area contributed by atoms with Gasteiger partial charge in [0.15, 0.2) is 0 Å². The number of pyridine rings is 1. The second-order valence-electron chi connectivity index (χ2n) is 11.7. The van der Waals surface area contributed by atoms with E-state index in [4.69, 9.17) is 9.72 Å². The average molecular weight is 506 g/mol. The van der Waals surface area contributed by atoms with Crippen molar-refractivity contribution >= 4 is 0 Å². The second-order valence-corrected chi connectivity index (χ2v) is 11.7. The summed E-state index contributed by atoms with van der Waals surface area (Å²) in [5, 5.41) is 0. The van der Waals surface area contributed by atoms with E-state index in [-0.39, 0.29) is 0 Å². The first-order chi connectivity index (χ1) is 18.3. The van der Waals surface area contributed by atoms with Crippen molar-refractivity contribution in [1.29, 1.82) is 0 Å². The first-order valence-corrected chi connectivity index (χ1v) is 16.0. The summed E-state index contributed by atoms with van der Waals surface area (Å²) in [5.74, 6) is 2.92. The molecule has 3 rings (SSSR count). The molecule has 1 aromatic heterocycles. The molecule has 0 saturated heterocycles. The van der Waals surface area contributed by atoms with Crippen LogP contribution in [0.3, 0.4) is 0 Å². The van der Waals surface area contributed by atoms with Crippen LogP contribution in [0.5, 0.6) is 5.75 Å². The minimum absolute atomic E-state index is 0.835. The molecular formula is C35H55NO. The predicted molar refractivity (Wildman–Crippen MR) is 160 cm³/mol. The minimum atomic E-state index is 0.835. The second kappa shape index (κ2) is 18.4. The maximum atomic E-state index is 6.07. The molecule has 1 heterocycles. The number of hydrogen-bond acceptors (Lipinski definition) is 2. The summed E-state index contributed by atoms with van der Waals surface area (Å²) in [7, 11) is 0. The average Bonchev–Trinajstić information content (AvgIpc) is 2.94. The summed E-state index contributed by atoms with van der Waals surface area (Å²) in [6.07, 6.45) is 28.2. The van der Waals surface area contributed by atoms with E-state index in [1.54, 1.807) is 0 Å². The molecular weight excluding hydrogens is 450 g/mol. The van der Waals surface area contributed by atoms with Gasteiger partial charge in [0.1, 0.15) is 5.75 Å². The molecule has 0 amide bonds. The zero-order valence-electron chi connectivity index (χ0n) is 24.2. The molecule has 1 aromatic carbocycles. The van der Waals surface area contributed by atoms with Crippen molar-refractivity contribution in [3.63, 3.8) is 0 Å². The number of ether oxygens (including phenoxy) is 1. The van der Waals surface area contributed by atoms with Gasteiger partial charge in [-0.25, -0.2) is 0 Å². The molecule has 0 bridgehead atoms. The van der Waals surface area contributed by atoms with Gasteiger partial charge in [0, 0.05) is 11.8 Å². The lowest BCUT2D eigenvalue weighted by atomic mass is 9.78. The molecule has 2 nitrogen and oxygen atoms in total. The first-order valence-electron chi connectivity index (χ1n) is 16.0. The highest BCUT2D eigenvalue weighted by Gasteiger charge is 2.20. The van der Waals surface area contributed by atoms with Crippen LogP contribution in [0.25, 0.3) is 11.3 Å². The fraction of sp³-hybridized carbons (Fsp3) is 0.686. The molecule has 0 N–H and O–H groups in total. The number of benzene rings is 1. The van der Waals surface area contributed by atoms with Crippen molar-refractivity contribution in [2.45, 2.75) is 136 Å². The fourth-order valence-corrected chi connectivity index (χ4v) is 5.98. The highest BCUT2D eigenvalue weighted by molar-refractivity contribution is 5.60. The molecule has 37 heavy (non-hydrogen) atoms. The van der Waals surface area contributed by atoms with Crippen molar-refractivity contribution in [3.05, 3.63) is 48.2 Å². The standard InChI is InChI=1S/C35H55NO/c1-3-5-7-9-11-13-16-32-22-27-35(36-29-32)33-23-25-34(26-24-33)37-28-14-17-31-20-18-30(19-21-31)15-12-10-8-6-4-2/h22-27,29-31H,3-21,28H2,1-2H3/t30-,31-. The largest absolute Gasteiger partial charge is 0.494 e. The number of aromatic nitrogens is 1. The van der Waals surface area contributed by atoms with Gasteiger partial charge in [-0.2, -0.15) is 0 Å². The Labute approximate surface area is 229 Å². The number of aryl methyl sites for hydroxylation is 1. The number of unbranched alkanes of at least 4 members (excludes halogenated alkanes) is 9. The molecule has 1 saturated carbocycles. The first kappa shape index (κ1) is 29.7. The van der Waals surface area contributed by atoms with Crippen LogP contribution in [0.1, 0.15) is 135 Å². The van der Waals surface area contributed by atoms with Crippen LogP contribution < -0.4 is 4.74 Å². The third kappa shape index (κ3) is 12.1. The van der Waals surface area contributed by atoms with Gasteiger partial charge in [-0.05, 0) is 73.4 Å². The lowest BCUT2D eigenvalue weighted by Crippen LogP contribution is -2.15. The third-order valence-electron chi connectivity index (χ3n) is 8.50. The molecule has 1 fully saturated rings. The van der Waals surface area contributed by atoms with Crippen molar-refractivity contribution in [3.8, 4) is 17.0 Å². The van der Waals surface area contributed by atoms with E-state index in [0.717, 1.165) is 36.3 Å². The van der Waals surface area contributed by atoms with Crippen LogP contribution in [0, 0.1) is 11.8 Å². The topological polar surface area (TPSA) is 22.1 Å². The molecule has 0 radical (unpaired) electrons. The Balaban J connectivity index is 1.26. The summed E-state index contributed by atoms with van der Waals surface area (Å²) < 4.78 is 6.07. The minimum Gasteiger partial charge on any atom is -0.494 e. The van der Waals surface area contributed by atoms with Gasteiger partial charge < -0.3 is 4.74 Å². The molecule has 2 heteroatoms. The smallest absolute Gasteiger partial charge is 0.119 e. The predicted octanol–water partition coefficient (Wildman–Crippen LogP) is 11.0. The summed E-state index contributed by atoms with van der Waals surface area (Å²) in [6.45, 7) is 5.41. The molecule has 0 unspecified atom stereocenters. The SMILES string of the molecule is CCCCCCCCc1ccc(-c2ccc(OCCC[C@H]3CC[C@H](CCCCCCC)CC3)cc2)nc1. The van der Waals surface area contributed by atoms with Gasteiger partial charge >= 0.3 is 0 Å². The number of rotatable bonds is 19. The van der Waals surface area contributed by atoms with Crippen LogP contribution in [-0.4, -0.2) is 11.6 Å². The lowest BCUT2D eigenvalue weighted by molar-refractivity contribution is 0.228. The van der Waals surface area contributed by atoms with Gasteiger partial charge in [-0.1, -0.05) is 116 Å². The Morgan fingerprint density at radius 2 is 1.24 bits per heavy atom. The fourth-order valence-electron chi connectivity index (χ4n) is 5.98. The van der Waals surface area contributed by atoms with Gasteiger partial charge in [0.2, 0.25) is 0 Å². The van der Waals surface area contributed by atoms with Crippen LogP contribution in [-0.2, 0) is 6.42 Å². The van der Waals surface area contributed by atoms with Crippen LogP contribution in [0.15, 0.2) is 42.6 Å². The van der Waals surface area contributed by atoms with E-state index in [0.29, 0.717) is 0 Å². The van der Waals surface area contributed by atoms with Crippen molar-refractivity contribution in [2.75, 3.05) is 6.61 Å². The van der Waals surface area contributed by atoms with Crippen molar-refractivity contribution in [1.82, 2.24) is 4.98 Å². The summed E-state index contributed by atoms with van der Waals surface area (Å²) in [6, 6.07) is 12.9. The molecule has 206 valence electrons. The summed E-state index contributed by atoms with van der Waals surface area (Å²) in [5.41, 5.74) is 3.57. The third-order valence-corrected chi connectivity index (χ3v) is 8.50. The van der Waals surface area contributed by atoms with Crippen LogP contribution in [0.2, 0.25) is 0 Å².